The highest BCUT2D eigenvalue weighted by Gasteiger charge is 2.20. The molecule has 0 atom stereocenters. The lowest BCUT2D eigenvalue weighted by molar-refractivity contribution is 1.16. The van der Waals surface area contributed by atoms with Gasteiger partial charge in [0.2, 0.25) is 0 Å². The van der Waals surface area contributed by atoms with Crippen molar-refractivity contribution in [3.63, 3.8) is 0 Å². The normalized spacial score (nSPS) is 11.9. The summed E-state index contributed by atoms with van der Waals surface area (Å²) in [6.07, 6.45) is 0. The van der Waals surface area contributed by atoms with Gasteiger partial charge in [-0.2, -0.15) is 0 Å². The van der Waals surface area contributed by atoms with Gasteiger partial charge in [0.05, 0.1) is 39.0 Å². The maximum Gasteiger partial charge on any atom is 0.160 e. The van der Waals surface area contributed by atoms with Crippen LogP contribution in [0.1, 0.15) is 0 Å². The number of nitrogens with zero attached hydrogens (tertiary/aromatic N) is 4. The fourth-order valence-corrected chi connectivity index (χ4v) is 8.90. The summed E-state index contributed by atoms with van der Waals surface area (Å²) in [6.45, 7) is 0. The van der Waals surface area contributed by atoms with Gasteiger partial charge in [-0.05, 0) is 83.9 Å². The molecule has 0 amide bonds. The van der Waals surface area contributed by atoms with E-state index in [0.29, 0.717) is 5.82 Å². The Bertz CT molecular complexity index is 3310. The van der Waals surface area contributed by atoms with Gasteiger partial charge in [0.1, 0.15) is 0 Å². The van der Waals surface area contributed by atoms with Crippen molar-refractivity contribution in [2.75, 3.05) is 0 Å². The quantitative estimate of drug-likeness (QED) is 0.178. The molecule has 4 aromatic heterocycles. The first-order valence-electron chi connectivity index (χ1n) is 19.1. The van der Waals surface area contributed by atoms with Crippen LogP contribution >= 0.6 is 0 Å². The van der Waals surface area contributed by atoms with Crippen LogP contribution in [-0.4, -0.2) is 18.9 Å². The van der Waals surface area contributed by atoms with Gasteiger partial charge < -0.3 is 8.97 Å². The molecule has 0 bridgehead atoms. The second-order valence-electron chi connectivity index (χ2n) is 14.6. The fraction of sp³-hybridized carbons (Fsp3) is 0. The minimum atomic E-state index is 0.703. The molecule has 0 saturated carbocycles. The third kappa shape index (κ3) is 4.60. The molecule has 8 aromatic carbocycles. The highest BCUT2D eigenvalue weighted by Crippen LogP contribution is 2.43. The van der Waals surface area contributed by atoms with E-state index in [1.54, 1.807) is 0 Å². The largest absolute Gasteiger partial charge is 0.309 e. The highest BCUT2D eigenvalue weighted by atomic mass is 15.0. The lowest BCUT2D eigenvalue weighted by Crippen LogP contribution is -1.97. The summed E-state index contributed by atoms with van der Waals surface area (Å²) >= 11 is 0. The number of benzene rings is 8. The summed E-state index contributed by atoms with van der Waals surface area (Å²) in [4.78, 5) is 10.1. The van der Waals surface area contributed by atoms with Crippen LogP contribution in [0.2, 0.25) is 0 Å². The highest BCUT2D eigenvalue weighted by molar-refractivity contribution is 6.24. The van der Waals surface area contributed by atoms with E-state index >= 15 is 0 Å². The van der Waals surface area contributed by atoms with Crippen LogP contribution in [0.4, 0.5) is 0 Å². The Kier molecular flexibility index (Phi) is 6.60. The summed E-state index contributed by atoms with van der Waals surface area (Å²) < 4.78 is 4.82. The molecule has 0 aliphatic carbocycles. The molecule has 0 saturated heterocycles. The molecule has 0 radical (unpaired) electrons. The Morgan fingerprint density at radius 1 is 0.304 bits per heavy atom. The minimum Gasteiger partial charge on any atom is -0.309 e. The number of para-hydroxylation sites is 3. The Balaban J connectivity index is 0.994. The van der Waals surface area contributed by atoms with Crippen LogP contribution in [0.25, 0.3) is 111 Å². The molecule has 4 heterocycles. The topological polar surface area (TPSA) is 35.1 Å². The number of hydrogen-bond donors (Lipinski definition) is 0. The van der Waals surface area contributed by atoms with Gasteiger partial charge >= 0.3 is 0 Å². The first-order chi connectivity index (χ1) is 27.8. The maximum absolute atomic E-state index is 5.07. The van der Waals surface area contributed by atoms with Crippen molar-refractivity contribution in [3.8, 4) is 50.7 Å². The van der Waals surface area contributed by atoms with Crippen LogP contribution in [0.3, 0.4) is 0 Å². The predicted molar refractivity (Wildman–Crippen MR) is 233 cm³/mol. The third-order valence-corrected chi connectivity index (χ3v) is 11.5. The van der Waals surface area contributed by atoms with Crippen molar-refractivity contribution in [1.82, 2.24) is 18.9 Å². The number of rotatable bonds is 5. The molecule has 12 rings (SSSR count). The first-order valence-corrected chi connectivity index (χ1v) is 19.1. The van der Waals surface area contributed by atoms with Crippen LogP contribution in [-0.2, 0) is 0 Å². The van der Waals surface area contributed by atoms with E-state index in [4.69, 9.17) is 9.97 Å². The van der Waals surface area contributed by atoms with Crippen LogP contribution < -0.4 is 0 Å². The van der Waals surface area contributed by atoms with Crippen LogP contribution in [0.15, 0.2) is 194 Å². The van der Waals surface area contributed by atoms with Crippen molar-refractivity contribution in [2.45, 2.75) is 0 Å². The fourth-order valence-electron chi connectivity index (χ4n) is 8.90. The third-order valence-electron chi connectivity index (χ3n) is 11.5. The standard InChI is InChI=1S/C52H32N4/c1-3-13-33(14-4-1)45-32-46(34-15-5-2-6-16-34)54-52(53-45)35-23-26-38(27-24-35)55-47-20-10-7-17-39(47)42-29-36(25-28-50(42)55)37-30-43-40-18-8-11-21-48(40)56-49-22-12-9-19-41(49)44(31-37)51(43)56/h1-32H. The van der Waals surface area contributed by atoms with E-state index in [1.165, 1.54) is 71.0 Å². The van der Waals surface area contributed by atoms with Crippen LogP contribution in [0.5, 0.6) is 0 Å². The van der Waals surface area contributed by atoms with Gasteiger partial charge in [-0.3, -0.25) is 0 Å². The van der Waals surface area contributed by atoms with Gasteiger partial charge in [0, 0.05) is 54.7 Å². The van der Waals surface area contributed by atoms with Gasteiger partial charge in [-0.15, -0.1) is 0 Å². The maximum atomic E-state index is 5.07. The Morgan fingerprint density at radius 2 is 0.768 bits per heavy atom. The SMILES string of the molecule is c1ccc(-c2cc(-c3ccccc3)nc(-c3ccc(-n4c5ccccc5c5cc(-c6cc7c8ccccc8n8c9ccccc9c(c6)c78)ccc54)cc3)n2)cc1. The average Bonchev–Trinajstić information content (AvgIpc) is 3.91. The number of aromatic nitrogens is 4. The van der Waals surface area contributed by atoms with E-state index < -0.39 is 0 Å². The first kappa shape index (κ1) is 30.9. The monoisotopic (exact) mass is 712 g/mol. The molecule has 0 aliphatic rings. The zero-order chi connectivity index (χ0) is 36.7. The summed E-state index contributed by atoms with van der Waals surface area (Å²) in [6, 6.07) is 69.5. The Labute approximate surface area is 322 Å². The second kappa shape index (κ2) is 12.0. The summed E-state index contributed by atoms with van der Waals surface area (Å²) in [7, 11) is 0. The Hall–Kier alpha value is -7.56. The lowest BCUT2D eigenvalue weighted by atomic mass is 9.98. The van der Waals surface area contributed by atoms with E-state index in [1.807, 2.05) is 12.1 Å². The number of hydrogen-bond acceptors (Lipinski definition) is 2. The molecule has 0 N–H and O–H groups in total. The molecule has 4 nitrogen and oxygen atoms in total. The molecule has 0 aliphatic heterocycles. The number of fused-ring (bicyclic) bond motifs is 9. The van der Waals surface area contributed by atoms with E-state index in [2.05, 4.69) is 191 Å². The van der Waals surface area contributed by atoms with Gasteiger partial charge in [0.15, 0.2) is 5.82 Å². The van der Waals surface area contributed by atoms with E-state index in [0.717, 1.165) is 33.8 Å². The van der Waals surface area contributed by atoms with Crippen molar-refractivity contribution in [3.05, 3.63) is 194 Å². The van der Waals surface area contributed by atoms with Crippen molar-refractivity contribution >= 4 is 59.9 Å². The average molecular weight is 713 g/mol. The predicted octanol–water partition coefficient (Wildman–Crippen LogP) is 13.4. The lowest BCUT2D eigenvalue weighted by Gasteiger charge is -2.11. The second-order valence-corrected chi connectivity index (χ2v) is 14.6. The zero-order valence-corrected chi connectivity index (χ0v) is 30.3. The molecule has 4 heteroatoms. The van der Waals surface area contributed by atoms with E-state index in [-0.39, 0.29) is 0 Å². The van der Waals surface area contributed by atoms with Gasteiger partial charge in [-0.1, -0.05) is 121 Å². The summed E-state index contributed by atoms with van der Waals surface area (Å²) in [5, 5.41) is 7.62. The molecule has 12 aromatic rings. The minimum absolute atomic E-state index is 0.703. The molecule has 56 heavy (non-hydrogen) atoms. The van der Waals surface area contributed by atoms with Gasteiger partial charge in [-0.25, -0.2) is 9.97 Å². The Morgan fingerprint density at radius 3 is 1.36 bits per heavy atom. The summed E-state index contributed by atoms with van der Waals surface area (Å²) in [5.74, 6) is 0.703. The molecule has 0 spiro atoms. The molecular weight excluding hydrogens is 681 g/mol. The summed E-state index contributed by atoms with van der Waals surface area (Å²) in [5.41, 5.74) is 14.6. The zero-order valence-electron chi connectivity index (χ0n) is 30.3. The van der Waals surface area contributed by atoms with Gasteiger partial charge in [0.25, 0.3) is 0 Å². The molecular formula is C52H32N4. The van der Waals surface area contributed by atoms with Crippen molar-refractivity contribution in [2.24, 2.45) is 0 Å². The van der Waals surface area contributed by atoms with Crippen LogP contribution in [0, 0.1) is 0 Å². The smallest absolute Gasteiger partial charge is 0.160 e. The molecule has 0 fully saturated rings. The molecule has 0 unspecified atom stereocenters. The van der Waals surface area contributed by atoms with Crippen molar-refractivity contribution in [1.29, 1.82) is 0 Å². The van der Waals surface area contributed by atoms with E-state index in [9.17, 15) is 0 Å². The molecule has 260 valence electrons. The van der Waals surface area contributed by atoms with Crippen molar-refractivity contribution < 1.29 is 0 Å².